The number of rotatable bonds is 5. The highest BCUT2D eigenvalue weighted by Gasteiger charge is 2.01. The van der Waals surface area contributed by atoms with E-state index in [1.807, 2.05) is 37.3 Å². The topological polar surface area (TPSA) is 18.5 Å². The van der Waals surface area contributed by atoms with Crippen molar-refractivity contribution in [3.8, 4) is 17.2 Å². The molecule has 0 aromatic heterocycles. The highest BCUT2D eigenvalue weighted by atomic mass is 16.5. The second-order valence-corrected chi connectivity index (χ2v) is 5.10. The summed E-state index contributed by atoms with van der Waals surface area (Å²) in [6, 6.07) is 20.2. The Hall–Kier alpha value is -2.48. The van der Waals surface area contributed by atoms with Crippen LogP contribution in [0.2, 0.25) is 0 Å². The van der Waals surface area contributed by atoms with Crippen molar-refractivity contribution in [2.24, 2.45) is 0 Å². The Kier molecular flexibility index (Phi) is 4.29. The second kappa shape index (κ2) is 6.52. The van der Waals surface area contributed by atoms with E-state index in [0.29, 0.717) is 6.61 Å². The maximum Gasteiger partial charge on any atom is 0.128 e. The van der Waals surface area contributed by atoms with Gasteiger partial charge < -0.3 is 9.47 Å². The molecule has 3 aromatic rings. The summed E-state index contributed by atoms with van der Waals surface area (Å²) in [5, 5.41) is 2.38. The van der Waals surface area contributed by atoms with Crippen LogP contribution in [0.1, 0.15) is 12.5 Å². The lowest BCUT2D eigenvalue weighted by atomic mass is 10.1. The maximum atomic E-state index is 5.91. The van der Waals surface area contributed by atoms with Gasteiger partial charge in [-0.25, -0.2) is 0 Å². The molecule has 0 spiro atoms. The number of ether oxygens (including phenoxy) is 2. The molecule has 0 bridgehead atoms. The smallest absolute Gasteiger partial charge is 0.128 e. The molecular formula is C20H19O2. The van der Waals surface area contributed by atoms with Crippen LogP contribution in [0.3, 0.4) is 0 Å². The van der Waals surface area contributed by atoms with Crippen molar-refractivity contribution in [3.63, 3.8) is 0 Å². The molecule has 0 aliphatic rings. The largest absolute Gasteiger partial charge is 0.494 e. The van der Waals surface area contributed by atoms with Crippen LogP contribution in [-0.4, -0.2) is 6.61 Å². The van der Waals surface area contributed by atoms with E-state index in [4.69, 9.17) is 9.47 Å². The molecule has 2 heteroatoms. The minimum absolute atomic E-state index is 0.667. The molecule has 0 saturated heterocycles. The number of benzene rings is 3. The van der Waals surface area contributed by atoms with Crippen LogP contribution in [0.4, 0.5) is 0 Å². The fourth-order valence-electron chi connectivity index (χ4n) is 2.40. The Morgan fingerprint density at radius 1 is 0.773 bits per heavy atom. The number of hydrogen-bond acceptors (Lipinski definition) is 2. The molecule has 0 heterocycles. The van der Waals surface area contributed by atoms with Gasteiger partial charge in [0.05, 0.1) is 6.61 Å². The summed E-state index contributed by atoms with van der Waals surface area (Å²) in [4.78, 5) is 0. The Morgan fingerprint density at radius 2 is 1.41 bits per heavy atom. The summed E-state index contributed by atoms with van der Waals surface area (Å²) < 4.78 is 11.3. The SMILES string of the molecule is [CH2]Cc1ccc2cc(Oc3ccc(OCC)cc3)ccc2c1. The molecule has 0 atom stereocenters. The lowest BCUT2D eigenvalue weighted by Gasteiger charge is -2.09. The van der Waals surface area contributed by atoms with E-state index in [9.17, 15) is 0 Å². The van der Waals surface area contributed by atoms with Gasteiger partial charge in [0.1, 0.15) is 17.2 Å². The van der Waals surface area contributed by atoms with Crippen LogP contribution < -0.4 is 9.47 Å². The van der Waals surface area contributed by atoms with Gasteiger partial charge in [-0.1, -0.05) is 24.3 Å². The first kappa shape index (κ1) is 14.5. The monoisotopic (exact) mass is 291 g/mol. The van der Waals surface area contributed by atoms with Gasteiger partial charge >= 0.3 is 0 Å². The molecule has 0 N–H and O–H groups in total. The first-order valence-corrected chi connectivity index (χ1v) is 7.51. The van der Waals surface area contributed by atoms with Crippen molar-refractivity contribution in [3.05, 3.63) is 73.2 Å². The van der Waals surface area contributed by atoms with Gasteiger partial charge in [0.15, 0.2) is 0 Å². The van der Waals surface area contributed by atoms with Gasteiger partial charge in [-0.2, -0.15) is 0 Å². The van der Waals surface area contributed by atoms with Crippen molar-refractivity contribution < 1.29 is 9.47 Å². The zero-order chi connectivity index (χ0) is 15.4. The van der Waals surface area contributed by atoms with Crippen molar-refractivity contribution >= 4 is 10.8 Å². The van der Waals surface area contributed by atoms with Crippen molar-refractivity contribution in [1.82, 2.24) is 0 Å². The third-order valence-electron chi connectivity index (χ3n) is 3.54. The standard InChI is InChI=1S/C20H19O2/c1-3-15-5-6-17-14-20(8-7-16(17)13-15)22-19-11-9-18(10-12-19)21-4-2/h5-14H,1,3-4H2,2H3. The molecule has 0 aliphatic heterocycles. The van der Waals surface area contributed by atoms with Gasteiger partial charge in [0.25, 0.3) is 0 Å². The van der Waals surface area contributed by atoms with Crippen LogP contribution in [0, 0.1) is 6.92 Å². The quantitative estimate of drug-likeness (QED) is 0.626. The average Bonchev–Trinajstić information content (AvgIpc) is 2.56. The van der Waals surface area contributed by atoms with Crippen molar-refractivity contribution in [2.75, 3.05) is 6.61 Å². The van der Waals surface area contributed by atoms with E-state index in [1.54, 1.807) is 0 Å². The lowest BCUT2D eigenvalue weighted by Crippen LogP contribution is -1.91. The zero-order valence-corrected chi connectivity index (χ0v) is 12.7. The molecule has 111 valence electrons. The molecule has 0 amide bonds. The fraction of sp³-hybridized carbons (Fsp3) is 0.150. The number of hydrogen-bond donors (Lipinski definition) is 0. The molecule has 0 unspecified atom stereocenters. The molecular weight excluding hydrogens is 272 g/mol. The third-order valence-corrected chi connectivity index (χ3v) is 3.54. The van der Waals surface area contributed by atoms with Crippen LogP contribution in [0.15, 0.2) is 60.7 Å². The van der Waals surface area contributed by atoms with Crippen LogP contribution >= 0.6 is 0 Å². The van der Waals surface area contributed by atoms with Crippen LogP contribution in [-0.2, 0) is 6.42 Å². The van der Waals surface area contributed by atoms with Crippen LogP contribution in [0.25, 0.3) is 10.8 Å². The Bertz CT molecular complexity index is 760. The number of fused-ring (bicyclic) bond motifs is 1. The van der Waals surface area contributed by atoms with Crippen molar-refractivity contribution in [2.45, 2.75) is 13.3 Å². The summed E-state index contributed by atoms with van der Waals surface area (Å²) in [6.45, 7) is 6.56. The minimum atomic E-state index is 0.667. The van der Waals surface area contributed by atoms with Gasteiger partial charge in [-0.15, -0.1) is 0 Å². The van der Waals surface area contributed by atoms with E-state index in [1.165, 1.54) is 16.3 Å². The first-order chi connectivity index (χ1) is 10.8. The Labute approximate surface area is 131 Å². The summed E-state index contributed by atoms with van der Waals surface area (Å²) in [7, 11) is 0. The molecule has 0 fully saturated rings. The molecule has 3 aromatic carbocycles. The molecule has 1 radical (unpaired) electrons. The van der Waals surface area contributed by atoms with Gasteiger partial charge in [-0.3, -0.25) is 0 Å². The summed E-state index contributed by atoms with van der Waals surface area (Å²) in [5.41, 5.74) is 1.24. The predicted molar refractivity (Wildman–Crippen MR) is 90.7 cm³/mol. The molecule has 3 rings (SSSR count). The first-order valence-electron chi connectivity index (χ1n) is 7.51. The van der Waals surface area contributed by atoms with E-state index in [2.05, 4.69) is 37.3 Å². The second-order valence-electron chi connectivity index (χ2n) is 5.10. The Balaban J connectivity index is 1.81. The summed E-state index contributed by atoms with van der Waals surface area (Å²) in [5.74, 6) is 2.49. The molecule has 0 saturated carbocycles. The Morgan fingerprint density at radius 3 is 2.14 bits per heavy atom. The normalized spacial score (nSPS) is 10.6. The highest BCUT2D eigenvalue weighted by Crippen LogP contribution is 2.27. The minimum Gasteiger partial charge on any atom is -0.494 e. The predicted octanol–water partition coefficient (Wildman–Crippen LogP) is 5.41. The van der Waals surface area contributed by atoms with E-state index in [-0.39, 0.29) is 0 Å². The molecule has 22 heavy (non-hydrogen) atoms. The summed E-state index contributed by atoms with van der Waals surface area (Å²) in [6.07, 6.45) is 0.806. The highest BCUT2D eigenvalue weighted by molar-refractivity contribution is 5.84. The average molecular weight is 291 g/mol. The van der Waals surface area contributed by atoms with Gasteiger partial charge in [-0.05, 0) is 73.0 Å². The van der Waals surface area contributed by atoms with Gasteiger partial charge in [0.2, 0.25) is 0 Å². The van der Waals surface area contributed by atoms with Crippen LogP contribution in [0.5, 0.6) is 17.2 Å². The molecule has 2 nitrogen and oxygen atoms in total. The fourth-order valence-corrected chi connectivity index (χ4v) is 2.40. The maximum absolute atomic E-state index is 5.91. The summed E-state index contributed by atoms with van der Waals surface area (Å²) >= 11 is 0. The molecule has 0 aliphatic carbocycles. The van der Waals surface area contributed by atoms with Gasteiger partial charge in [0, 0.05) is 0 Å². The van der Waals surface area contributed by atoms with E-state index < -0.39 is 0 Å². The third kappa shape index (κ3) is 3.22. The lowest BCUT2D eigenvalue weighted by molar-refractivity contribution is 0.339. The van der Waals surface area contributed by atoms with E-state index in [0.717, 1.165) is 23.7 Å². The van der Waals surface area contributed by atoms with E-state index >= 15 is 0 Å². The zero-order valence-electron chi connectivity index (χ0n) is 12.7. The van der Waals surface area contributed by atoms with Crippen molar-refractivity contribution in [1.29, 1.82) is 0 Å².